The molecule has 0 aliphatic carbocycles. The minimum absolute atomic E-state index is 0.0461. The first kappa shape index (κ1) is 20.5. The molecular weight excluding hydrogens is 407 g/mol. The number of pyridine rings is 1. The Hall–Kier alpha value is -2.77. The van der Waals surface area contributed by atoms with Gasteiger partial charge in [-0.25, -0.2) is 24.3 Å². The maximum atomic E-state index is 13.7. The SMILES string of the molecule is [C-]#[N+]c1cncc([C@@H]2CCON2C(=O)C2CCN(c3ncc(F)c(SC)n3)CC2)c1. The van der Waals surface area contributed by atoms with E-state index in [1.54, 1.807) is 18.5 Å². The fourth-order valence-corrected chi connectivity index (χ4v) is 4.24. The van der Waals surface area contributed by atoms with Crippen molar-refractivity contribution in [2.45, 2.75) is 30.3 Å². The molecule has 8 nitrogen and oxygen atoms in total. The number of thioether (sulfide) groups is 1. The number of nitrogens with zero attached hydrogens (tertiary/aromatic N) is 6. The Morgan fingerprint density at radius 2 is 2.10 bits per heavy atom. The van der Waals surface area contributed by atoms with Crippen LogP contribution in [0.3, 0.4) is 0 Å². The minimum atomic E-state index is -0.426. The Bertz CT molecular complexity index is 976. The lowest BCUT2D eigenvalue weighted by Crippen LogP contribution is -2.42. The van der Waals surface area contributed by atoms with Crippen LogP contribution in [0.5, 0.6) is 0 Å². The van der Waals surface area contributed by atoms with Gasteiger partial charge >= 0.3 is 0 Å². The van der Waals surface area contributed by atoms with Crippen molar-refractivity contribution in [3.63, 3.8) is 0 Å². The van der Waals surface area contributed by atoms with Crippen LogP contribution in [0.2, 0.25) is 0 Å². The molecule has 1 atom stereocenters. The number of piperidine rings is 1. The van der Waals surface area contributed by atoms with E-state index >= 15 is 0 Å². The summed E-state index contributed by atoms with van der Waals surface area (Å²) >= 11 is 1.24. The van der Waals surface area contributed by atoms with Gasteiger partial charge in [-0.15, -0.1) is 11.8 Å². The molecule has 4 rings (SSSR count). The average Bonchev–Trinajstić information content (AvgIpc) is 3.29. The third-order valence-corrected chi connectivity index (χ3v) is 6.07. The van der Waals surface area contributed by atoms with Gasteiger partial charge in [-0.2, -0.15) is 0 Å². The summed E-state index contributed by atoms with van der Waals surface area (Å²) < 4.78 is 13.7. The van der Waals surface area contributed by atoms with Crippen molar-refractivity contribution in [1.29, 1.82) is 0 Å². The lowest BCUT2D eigenvalue weighted by atomic mass is 9.95. The molecule has 0 bridgehead atoms. The third kappa shape index (κ3) is 4.08. The number of anilines is 1. The second-order valence-electron chi connectivity index (χ2n) is 7.18. The normalized spacial score (nSPS) is 19.7. The van der Waals surface area contributed by atoms with Crippen molar-refractivity contribution in [2.24, 2.45) is 5.92 Å². The Kier molecular flexibility index (Phi) is 6.11. The number of carbonyl (C=O) groups excluding carboxylic acids is 1. The topological polar surface area (TPSA) is 75.8 Å². The van der Waals surface area contributed by atoms with Gasteiger partial charge in [-0.1, -0.05) is 0 Å². The molecule has 0 unspecified atom stereocenters. The van der Waals surface area contributed by atoms with Crippen LogP contribution in [0, 0.1) is 18.3 Å². The van der Waals surface area contributed by atoms with Crippen LogP contribution in [0.15, 0.2) is 29.7 Å². The summed E-state index contributed by atoms with van der Waals surface area (Å²) in [6.07, 6.45) is 8.12. The van der Waals surface area contributed by atoms with Crippen molar-refractivity contribution in [1.82, 2.24) is 20.0 Å². The van der Waals surface area contributed by atoms with E-state index < -0.39 is 5.82 Å². The smallest absolute Gasteiger partial charge is 0.249 e. The van der Waals surface area contributed by atoms with Crippen molar-refractivity contribution < 1.29 is 14.0 Å². The van der Waals surface area contributed by atoms with E-state index in [4.69, 9.17) is 11.4 Å². The van der Waals surface area contributed by atoms with Gasteiger partial charge in [-0.3, -0.25) is 14.6 Å². The first-order valence-electron chi connectivity index (χ1n) is 9.70. The third-order valence-electron chi connectivity index (χ3n) is 5.40. The largest absolute Gasteiger partial charge is 0.341 e. The zero-order valence-corrected chi connectivity index (χ0v) is 17.3. The lowest BCUT2D eigenvalue weighted by molar-refractivity contribution is -0.182. The monoisotopic (exact) mass is 428 g/mol. The summed E-state index contributed by atoms with van der Waals surface area (Å²) in [4.78, 5) is 36.7. The molecule has 0 aromatic carbocycles. The fourth-order valence-electron chi connectivity index (χ4n) is 3.82. The summed E-state index contributed by atoms with van der Waals surface area (Å²) in [6.45, 7) is 8.85. The van der Waals surface area contributed by atoms with E-state index in [-0.39, 0.29) is 17.9 Å². The van der Waals surface area contributed by atoms with Gasteiger partial charge in [0.1, 0.15) is 5.03 Å². The first-order valence-corrected chi connectivity index (χ1v) is 10.9. The molecular formula is C20H21FN6O2S. The summed E-state index contributed by atoms with van der Waals surface area (Å²) in [7, 11) is 0. The molecule has 2 aliphatic rings. The Balaban J connectivity index is 1.42. The average molecular weight is 428 g/mol. The van der Waals surface area contributed by atoms with Gasteiger partial charge in [0.2, 0.25) is 17.5 Å². The number of hydroxylamine groups is 2. The van der Waals surface area contributed by atoms with Crippen molar-refractivity contribution >= 4 is 29.3 Å². The summed E-state index contributed by atoms with van der Waals surface area (Å²) in [6, 6.07) is 1.53. The van der Waals surface area contributed by atoms with Crippen LogP contribution in [0.25, 0.3) is 4.85 Å². The van der Waals surface area contributed by atoms with Gasteiger partial charge < -0.3 is 4.90 Å². The summed E-state index contributed by atoms with van der Waals surface area (Å²) in [5, 5.41) is 1.78. The zero-order valence-electron chi connectivity index (χ0n) is 16.5. The van der Waals surface area contributed by atoms with E-state index in [1.165, 1.54) is 29.2 Å². The highest BCUT2D eigenvalue weighted by Crippen LogP contribution is 2.34. The highest BCUT2D eigenvalue weighted by atomic mass is 32.2. The van der Waals surface area contributed by atoms with E-state index in [2.05, 4.69) is 19.8 Å². The number of halogens is 1. The zero-order chi connectivity index (χ0) is 21.1. The molecule has 156 valence electrons. The Morgan fingerprint density at radius 1 is 1.30 bits per heavy atom. The lowest BCUT2D eigenvalue weighted by Gasteiger charge is -2.34. The molecule has 1 amide bonds. The standard InChI is InChI=1S/C20H21FN6O2S/c1-22-15-9-14(10-23-11-15)17-5-8-29-27(17)19(28)13-3-6-26(7-4-13)20-24-12-16(21)18(25-20)30-2/h9-13,17H,3-8H2,2H3/t17-/m0/s1. The van der Waals surface area contributed by atoms with E-state index in [0.29, 0.717) is 55.6 Å². The number of amides is 1. The van der Waals surface area contributed by atoms with Crippen molar-refractivity contribution in [3.05, 3.63) is 47.5 Å². The van der Waals surface area contributed by atoms with Crippen LogP contribution < -0.4 is 4.90 Å². The number of hydrogen-bond donors (Lipinski definition) is 0. The van der Waals surface area contributed by atoms with Gasteiger partial charge in [0.25, 0.3) is 0 Å². The molecule has 2 saturated heterocycles. The van der Waals surface area contributed by atoms with Gasteiger partial charge in [0.15, 0.2) is 5.82 Å². The van der Waals surface area contributed by atoms with Crippen LogP contribution in [-0.4, -0.2) is 51.9 Å². The Morgan fingerprint density at radius 3 is 2.83 bits per heavy atom. The van der Waals surface area contributed by atoms with Crippen LogP contribution in [0.4, 0.5) is 16.0 Å². The molecule has 0 saturated carbocycles. The Labute approximate surface area is 178 Å². The summed E-state index contributed by atoms with van der Waals surface area (Å²) in [5.74, 6) is -0.149. The molecule has 0 N–H and O–H groups in total. The number of carbonyl (C=O) groups is 1. The van der Waals surface area contributed by atoms with E-state index in [1.807, 2.05) is 4.90 Å². The molecule has 0 spiro atoms. The molecule has 2 fully saturated rings. The predicted octanol–water partition coefficient (Wildman–Crippen LogP) is 3.40. The molecule has 30 heavy (non-hydrogen) atoms. The van der Waals surface area contributed by atoms with Crippen molar-refractivity contribution in [3.8, 4) is 0 Å². The fraction of sp³-hybridized carbons (Fsp3) is 0.450. The second-order valence-corrected chi connectivity index (χ2v) is 7.97. The second kappa shape index (κ2) is 8.93. The first-order chi connectivity index (χ1) is 14.6. The highest BCUT2D eigenvalue weighted by Gasteiger charge is 2.37. The molecule has 10 heteroatoms. The number of rotatable bonds is 4. The highest BCUT2D eigenvalue weighted by molar-refractivity contribution is 7.98. The summed E-state index contributed by atoms with van der Waals surface area (Å²) in [5.41, 5.74) is 1.26. The molecule has 2 aliphatic heterocycles. The number of aromatic nitrogens is 3. The van der Waals surface area contributed by atoms with Gasteiger partial charge in [0, 0.05) is 37.8 Å². The van der Waals surface area contributed by atoms with Crippen LogP contribution >= 0.6 is 11.8 Å². The van der Waals surface area contributed by atoms with Crippen LogP contribution in [-0.2, 0) is 9.63 Å². The quantitative estimate of drug-likeness (QED) is 0.420. The molecule has 0 radical (unpaired) electrons. The molecule has 4 heterocycles. The van der Waals surface area contributed by atoms with E-state index in [0.717, 1.165) is 5.56 Å². The van der Waals surface area contributed by atoms with E-state index in [9.17, 15) is 9.18 Å². The van der Waals surface area contributed by atoms with Crippen molar-refractivity contribution in [2.75, 3.05) is 30.9 Å². The molecule has 2 aromatic rings. The minimum Gasteiger partial charge on any atom is -0.341 e. The van der Waals surface area contributed by atoms with Crippen LogP contribution in [0.1, 0.15) is 30.9 Å². The maximum absolute atomic E-state index is 13.7. The van der Waals surface area contributed by atoms with Gasteiger partial charge in [-0.05, 0) is 30.7 Å². The van der Waals surface area contributed by atoms with Gasteiger partial charge in [0.05, 0.1) is 25.4 Å². The maximum Gasteiger partial charge on any atom is 0.249 e. The molecule has 2 aromatic heterocycles. The predicted molar refractivity (Wildman–Crippen MR) is 109 cm³/mol. The number of hydrogen-bond acceptors (Lipinski definition) is 7.